The Morgan fingerprint density at radius 1 is 1.48 bits per heavy atom. The minimum Gasteiger partial charge on any atom is -0.324 e. The Hall–Kier alpha value is -1.86. The Bertz CT molecular complexity index is 723. The monoisotopic (exact) mass is 327 g/mol. The SMILES string of the molecule is C[C@H](Sc1nccc(=O)[nH]1)C(=O)Nc1ccc(F)cc1Cl. The van der Waals surface area contributed by atoms with Crippen LogP contribution in [0.25, 0.3) is 0 Å². The number of carbonyl (C=O) groups excluding carboxylic acids is 1. The van der Waals surface area contributed by atoms with Gasteiger partial charge in [0.1, 0.15) is 5.82 Å². The molecule has 1 atom stereocenters. The number of hydrogen-bond donors (Lipinski definition) is 2. The third-order valence-electron chi connectivity index (χ3n) is 2.49. The molecule has 0 fully saturated rings. The molecule has 5 nitrogen and oxygen atoms in total. The van der Waals surface area contributed by atoms with Crippen molar-refractivity contribution in [2.24, 2.45) is 0 Å². The van der Waals surface area contributed by atoms with Gasteiger partial charge in [-0.2, -0.15) is 0 Å². The van der Waals surface area contributed by atoms with Crippen molar-refractivity contribution in [3.05, 3.63) is 51.7 Å². The molecule has 2 aromatic rings. The molecular formula is C13H11ClFN3O2S. The standard InChI is InChI=1S/C13H11ClFN3O2S/c1-7(21-13-16-5-4-11(19)18-13)12(20)17-10-3-2-8(15)6-9(10)14/h2-7H,1H3,(H,17,20)(H,16,18,19)/t7-/m0/s1. The predicted octanol–water partition coefficient (Wildman–Crippen LogP) is 2.68. The van der Waals surface area contributed by atoms with Gasteiger partial charge in [0, 0.05) is 12.3 Å². The number of rotatable bonds is 4. The highest BCUT2D eigenvalue weighted by Crippen LogP contribution is 2.24. The highest BCUT2D eigenvalue weighted by atomic mass is 35.5. The Balaban J connectivity index is 2.04. The van der Waals surface area contributed by atoms with E-state index in [4.69, 9.17) is 11.6 Å². The number of amides is 1. The van der Waals surface area contributed by atoms with E-state index >= 15 is 0 Å². The van der Waals surface area contributed by atoms with Crippen LogP contribution in [0.3, 0.4) is 0 Å². The molecule has 21 heavy (non-hydrogen) atoms. The minimum atomic E-state index is -0.517. The van der Waals surface area contributed by atoms with Crippen molar-refractivity contribution in [2.75, 3.05) is 5.32 Å². The molecule has 2 rings (SSSR count). The molecule has 110 valence electrons. The van der Waals surface area contributed by atoms with Gasteiger partial charge in [-0.15, -0.1) is 0 Å². The molecule has 1 aromatic carbocycles. The summed E-state index contributed by atoms with van der Waals surface area (Å²) in [6, 6.07) is 4.99. The lowest BCUT2D eigenvalue weighted by Gasteiger charge is -2.12. The number of nitrogens with one attached hydrogen (secondary N) is 2. The Kier molecular flexibility index (Phi) is 4.98. The molecule has 2 N–H and O–H groups in total. The highest BCUT2D eigenvalue weighted by molar-refractivity contribution is 8.00. The van der Waals surface area contributed by atoms with Crippen molar-refractivity contribution < 1.29 is 9.18 Å². The third-order valence-corrected chi connectivity index (χ3v) is 3.81. The molecule has 1 aromatic heterocycles. The summed E-state index contributed by atoms with van der Waals surface area (Å²) in [7, 11) is 0. The van der Waals surface area contributed by atoms with E-state index in [9.17, 15) is 14.0 Å². The first kappa shape index (κ1) is 15.5. The quantitative estimate of drug-likeness (QED) is 0.669. The number of aromatic nitrogens is 2. The molecular weight excluding hydrogens is 317 g/mol. The van der Waals surface area contributed by atoms with Crippen LogP contribution in [0, 0.1) is 5.82 Å². The van der Waals surface area contributed by atoms with Gasteiger partial charge in [-0.3, -0.25) is 9.59 Å². The van der Waals surface area contributed by atoms with Gasteiger partial charge in [0.05, 0.1) is 16.0 Å². The summed E-state index contributed by atoms with van der Waals surface area (Å²) in [6.45, 7) is 1.66. The van der Waals surface area contributed by atoms with Crippen molar-refractivity contribution >= 4 is 35.0 Å². The zero-order chi connectivity index (χ0) is 15.4. The van der Waals surface area contributed by atoms with Gasteiger partial charge in [0.25, 0.3) is 5.56 Å². The largest absolute Gasteiger partial charge is 0.324 e. The fraction of sp³-hybridized carbons (Fsp3) is 0.154. The molecule has 1 amide bonds. The number of thioether (sulfide) groups is 1. The normalized spacial score (nSPS) is 12.0. The van der Waals surface area contributed by atoms with Gasteiger partial charge in [-0.25, -0.2) is 9.37 Å². The van der Waals surface area contributed by atoms with Gasteiger partial charge in [0.2, 0.25) is 5.91 Å². The van der Waals surface area contributed by atoms with Crippen LogP contribution in [0.15, 0.2) is 40.4 Å². The third kappa shape index (κ3) is 4.30. The first-order valence-electron chi connectivity index (χ1n) is 5.93. The van der Waals surface area contributed by atoms with Gasteiger partial charge in [-0.1, -0.05) is 23.4 Å². The van der Waals surface area contributed by atoms with Crippen molar-refractivity contribution in [3.8, 4) is 0 Å². The van der Waals surface area contributed by atoms with E-state index in [0.29, 0.717) is 10.8 Å². The zero-order valence-corrected chi connectivity index (χ0v) is 12.5. The fourth-order valence-corrected chi connectivity index (χ4v) is 2.45. The summed E-state index contributed by atoms with van der Waals surface area (Å²) in [4.78, 5) is 29.6. The topological polar surface area (TPSA) is 74.8 Å². The molecule has 0 spiro atoms. The number of H-pyrrole nitrogens is 1. The summed E-state index contributed by atoms with van der Waals surface area (Å²) < 4.78 is 12.9. The molecule has 8 heteroatoms. The molecule has 0 aliphatic rings. The second-order valence-corrected chi connectivity index (χ2v) is 5.85. The minimum absolute atomic E-state index is 0.117. The van der Waals surface area contributed by atoms with Crippen LogP contribution in [-0.2, 0) is 4.79 Å². The molecule has 0 bridgehead atoms. The zero-order valence-electron chi connectivity index (χ0n) is 10.9. The molecule has 0 saturated heterocycles. The average Bonchev–Trinajstić information content (AvgIpc) is 2.41. The van der Waals surface area contributed by atoms with Crippen molar-refractivity contribution in [1.29, 1.82) is 0 Å². The second kappa shape index (κ2) is 6.73. The average molecular weight is 328 g/mol. The maximum absolute atomic E-state index is 12.9. The first-order valence-corrected chi connectivity index (χ1v) is 7.19. The van der Waals surface area contributed by atoms with Crippen LogP contribution in [-0.4, -0.2) is 21.1 Å². The van der Waals surface area contributed by atoms with Crippen LogP contribution in [0.2, 0.25) is 5.02 Å². The lowest BCUT2D eigenvalue weighted by Crippen LogP contribution is -2.23. The van der Waals surface area contributed by atoms with E-state index < -0.39 is 11.1 Å². The maximum atomic E-state index is 12.9. The van der Waals surface area contributed by atoms with E-state index in [-0.39, 0.29) is 16.5 Å². The fourth-order valence-electron chi connectivity index (χ4n) is 1.46. The summed E-state index contributed by atoms with van der Waals surface area (Å²) >= 11 is 6.94. The number of nitrogens with zero attached hydrogens (tertiary/aromatic N) is 1. The van der Waals surface area contributed by atoms with Gasteiger partial charge in [-0.05, 0) is 25.1 Å². The van der Waals surface area contributed by atoms with Gasteiger partial charge >= 0.3 is 0 Å². The molecule has 0 saturated carbocycles. The number of anilines is 1. The number of hydrogen-bond acceptors (Lipinski definition) is 4. The number of carbonyl (C=O) groups is 1. The number of aromatic amines is 1. The predicted molar refractivity (Wildman–Crippen MR) is 80.2 cm³/mol. The van der Waals surface area contributed by atoms with E-state index in [2.05, 4.69) is 15.3 Å². The summed E-state index contributed by atoms with van der Waals surface area (Å²) in [5, 5.41) is 2.54. The first-order chi connectivity index (χ1) is 9.95. The van der Waals surface area contributed by atoms with Crippen LogP contribution in [0.4, 0.5) is 10.1 Å². The Morgan fingerprint density at radius 2 is 2.24 bits per heavy atom. The van der Waals surface area contributed by atoms with Crippen molar-refractivity contribution in [2.45, 2.75) is 17.3 Å². The molecule has 0 unspecified atom stereocenters. The summed E-state index contributed by atoms with van der Waals surface area (Å²) in [6.07, 6.45) is 1.36. The van der Waals surface area contributed by atoms with E-state index in [1.807, 2.05) is 0 Å². The molecule has 0 aliphatic heterocycles. The van der Waals surface area contributed by atoms with E-state index in [1.54, 1.807) is 6.92 Å². The summed E-state index contributed by atoms with van der Waals surface area (Å²) in [5.41, 5.74) is 0.0340. The van der Waals surface area contributed by atoms with Crippen LogP contribution >= 0.6 is 23.4 Å². The lowest BCUT2D eigenvalue weighted by molar-refractivity contribution is -0.115. The van der Waals surface area contributed by atoms with Crippen molar-refractivity contribution in [1.82, 2.24) is 9.97 Å². The van der Waals surface area contributed by atoms with Crippen molar-refractivity contribution in [3.63, 3.8) is 0 Å². The number of halogens is 2. The summed E-state index contributed by atoms with van der Waals surface area (Å²) in [5.74, 6) is -0.813. The Labute approximate surface area is 128 Å². The van der Waals surface area contributed by atoms with Crippen LogP contribution < -0.4 is 10.9 Å². The van der Waals surface area contributed by atoms with Crippen LogP contribution in [0.1, 0.15) is 6.92 Å². The van der Waals surface area contributed by atoms with Crippen LogP contribution in [0.5, 0.6) is 0 Å². The van der Waals surface area contributed by atoms with E-state index in [0.717, 1.165) is 17.8 Å². The maximum Gasteiger partial charge on any atom is 0.251 e. The van der Waals surface area contributed by atoms with E-state index in [1.165, 1.54) is 24.4 Å². The molecule has 1 heterocycles. The second-order valence-electron chi connectivity index (χ2n) is 4.11. The number of benzene rings is 1. The Morgan fingerprint density at radius 3 is 2.90 bits per heavy atom. The van der Waals surface area contributed by atoms with Gasteiger partial charge < -0.3 is 10.3 Å². The highest BCUT2D eigenvalue weighted by Gasteiger charge is 2.17. The molecule has 0 aliphatic carbocycles. The smallest absolute Gasteiger partial charge is 0.251 e. The molecule has 0 radical (unpaired) electrons. The lowest BCUT2D eigenvalue weighted by atomic mass is 10.3. The van der Waals surface area contributed by atoms with Gasteiger partial charge in [0.15, 0.2) is 5.16 Å².